The molecule has 21 heavy (non-hydrogen) atoms. The van der Waals surface area contributed by atoms with Gasteiger partial charge in [-0.1, -0.05) is 0 Å². The van der Waals surface area contributed by atoms with Gasteiger partial charge in [-0.15, -0.1) is 0 Å². The SMILES string of the molecule is CN(C)C(=O)CN1CCC(NCC2CCC(O)CC2)CC1. The Morgan fingerprint density at radius 1 is 1.14 bits per heavy atom. The van der Waals surface area contributed by atoms with Crippen molar-refractivity contribution in [3.8, 4) is 0 Å². The third-order valence-corrected chi connectivity index (χ3v) is 4.96. The van der Waals surface area contributed by atoms with Gasteiger partial charge in [0.2, 0.25) is 5.91 Å². The molecule has 0 spiro atoms. The Hall–Kier alpha value is -0.650. The number of likely N-dealkylation sites (N-methyl/N-ethyl adjacent to an activating group) is 1. The molecule has 5 nitrogen and oxygen atoms in total. The van der Waals surface area contributed by atoms with Crippen LogP contribution in [0.4, 0.5) is 0 Å². The van der Waals surface area contributed by atoms with Crippen LogP contribution in [0.3, 0.4) is 0 Å². The highest BCUT2D eigenvalue weighted by molar-refractivity contribution is 5.77. The van der Waals surface area contributed by atoms with Gasteiger partial charge < -0.3 is 15.3 Å². The fraction of sp³-hybridized carbons (Fsp3) is 0.938. The van der Waals surface area contributed by atoms with E-state index in [-0.39, 0.29) is 12.0 Å². The lowest BCUT2D eigenvalue weighted by molar-refractivity contribution is -0.130. The number of hydrogen-bond donors (Lipinski definition) is 2. The number of piperidine rings is 1. The molecule has 2 N–H and O–H groups in total. The highest BCUT2D eigenvalue weighted by atomic mass is 16.3. The molecule has 0 aromatic rings. The normalized spacial score (nSPS) is 28.5. The number of nitrogens with zero attached hydrogens (tertiary/aromatic N) is 2. The fourth-order valence-corrected chi connectivity index (χ4v) is 3.31. The van der Waals surface area contributed by atoms with Crippen LogP contribution in [-0.2, 0) is 4.79 Å². The van der Waals surface area contributed by atoms with E-state index in [4.69, 9.17) is 0 Å². The van der Waals surface area contributed by atoms with Crippen molar-refractivity contribution in [1.29, 1.82) is 0 Å². The molecule has 0 atom stereocenters. The number of nitrogens with one attached hydrogen (secondary N) is 1. The molecule has 0 unspecified atom stereocenters. The van der Waals surface area contributed by atoms with Gasteiger partial charge in [-0.05, 0) is 51.0 Å². The number of carbonyl (C=O) groups is 1. The van der Waals surface area contributed by atoms with Crippen LogP contribution in [-0.4, -0.2) is 73.2 Å². The van der Waals surface area contributed by atoms with Crippen LogP contribution in [0.5, 0.6) is 0 Å². The number of rotatable bonds is 5. The van der Waals surface area contributed by atoms with Crippen LogP contribution in [0, 0.1) is 5.92 Å². The van der Waals surface area contributed by atoms with Gasteiger partial charge in [0.15, 0.2) is 0 Å². The first-order valence-corrected chi connectivity index (χ1v) is 8.38. The maximum absolute atomic E-state index is 11.7. The lowest BCUT2D eigenvalue weighted by atomic mass is 9.87. The van der Waals surface area contributed by atoms with E-state index < -0.39 is 0 Å². The summed E-state index contributed by atoms with van der Waals surface area (Å²) >= 11 is 0. The zero-order valence-electron chi connectivity index (χ0n) is 13.6. The number of aliphatic hydroxyl groups excluding tert-OH is 1. The molecule has 122 valence electrons. The minimum absolute atomic E-state index is 0.0567. The summed E-state index contributed by atoms with van der Waals surface area (Å²) in [4.78, 5) is 15.6. The van der Waals surface area contributed by atoms with Gasteiger partial charge in [-0.25, -0.2) is 0 Å². The molecular formula is C16H31N3O2. The van der Waals surface area contributed by atoms with Crippen molar-refractivity contribution in [3.63, 3.8) is 0 Å². The molecule has 2 rings (SSSR count). The van der Waals surface area contributed by atoms with Crippen LogP contribution in [0.25, 0.3) is 0 Å². The lowest BCUT2D eigenvalue weighted by Gasteiger charge is -2.34. The molecule has 2 fully saturated rings. The van der Waals surface area contributed by atoms with Gasteiger partial charge in [0, 0.05) is 33.2 Å². The Bertz CT molecular complexity index is 319. The van der Waals surface area contributed by atoms with Crippen LogP contribution in [0.15, 0.2) is 0 Å². The van der Waals surface area contributed by atoms with Crippen LogP contribution in [0.1, 0.15) is 38.5 Å². The Kier molecular flexibility index (Phi) is 6.45. The highest BCUT2D eigenvalue weighted by Crippen LogP contribution is 2.24. The summed E-state index contributed by atoms with van der Waals surface area (Å²) in [5, 5.41) is 13.2. The largest absolute Gasteiger partial charge is 0.393 e. The van der Waals surface area contributed by atoms with E-state index >= 15 is 0 Å². The van der Waals surface area contributed by atoms with E-state index in [1.165, 1.54) is 0 Å². The Morgan fingerprint density at radius 3 is 2.33 bits per heavy atom. The Labute approximate surface area is 128 Å². The molecule has 1 amide bonds. The van der Waals surface area contributed by atoms with E-state index in [0.29, 0.717) is 12.6 Å². The van der Waals surface area contributed by atoms with Crippen molar-refractivity contribution in [2.24, 2.45) is 5.92 Å². The van der Waals surface area contributed by atoms with Crippen LogP contribution >= 0.6 is 0 Å². The monoisotopic (exact) mass is 297 g/mol. The van der Waals surface area contributed by atoms with Crippen molar-refractivity contribution < 1.29 is 9.90 Å². The summed E-state index contributed by atoms with van der Waals surface area (Å²) in [6, 6.07) is 0.600. The predicted octanol–water partition coefficient (Wildman–Crippen LogP) is 0.680. The summed E-state index contributed by atoms with van der Waals surface area (Å²) < 4.78 is 0. The maximum atomic E-state index is 11.7. The van der Waals surface area contributed by atoms with Crippen molar-refractivity contribution in [1.82, 2.24) is 15.1 Å². The van der Waals surface area contributed by atoms with E-state index in [2.05, 4.69) is 10.2 Å². The summed E-state index contributed by atoms with van der Waals surface area (Å²) in [5.74, 6) is 0.934. The Morgan fingerprint density at radius 2 is 1.76 bits per heavy atom. The molecular weight excluding hydrogens is 266 g/mol. The molecule has 0 aromatic heterocycles. The first-order valence-electron chi connectivity index (χ1n) is 8.38. The average Bonchev–Trinajstić information content (AvgIpc) is 2.48. The Balaban J connectivity index is 1.60. The molecule has 1 aliphatic heterocycles. The number of aliphatic hydroxyl groups is 1. The third-order valence-electron chi connectivity index (χ3n) is 4.96. The van der Waals surface area contributed by atoms with Gasteiger partial charge in [-0.3, -0.25) is 9.69 Å². The van der Waals surface area contributed by atoms with Crippen molar-refractivity contribution >= 4 is 5.91 Å². The highest BCUT2D eigenvalue weighted by Gasteiger charge is 2.23. The van der Waals surface area contributed by atoms with Gasteiger partial charge >= 0.3 is 0 Å². The number of likely N-dealkylation sites (tertiary alicyclic amines) is 1. The minimum Gasteiger partial charge on any atom is -0.393 e. The molecule has 1 saturated heterocycles. The summed E-state index contributed by atoms with van der Waals surface area (Å²) in [5.41, 5.74) is 0. The van der Waals surface area contributed by atoms with E-state index in [1.807, 2.05) is 14.1 Å². The molecule has 0 radical (unpaired) electrons. The van der Waals surface area contributed by atoms with Gasteiger partial charge in [0.05, 0.1) is 12.6 Å². The zero-order chi connectivity index (χ0) is 15.2. The van der Waals surface area contributed by atoms with Gasteiger partial charge in [0.1, 0.15) is 0 Å². The maximum Gasteiger partial charge on any atom is 0.236 e. The second-order valence-electron chi connectivity index (χ2n) is 6.92. The van der Waals surface area contributed by atoms with Gasteiger partial charge in [-0.2, -0.15) is 0 Å². The summed E-state index contributed by atoms with van der Waals surface area (Å²) in [7, 11) is 3.63. The summed E-state index contributed by atoms with van der Waals surface area (Å²) in [6.45, 7) is 3.68. The standard InChI is InChI=1S/C16H31N3O2/c1-18(2)16(21)12-19-9-7-14(8-10-19)17-11-13-3-5-15(20)6-4-13/h13-15,17,20H,3-12H2,1-2H3. The summed E-state index contributed by atoms with van der Waals surface area (Å²) in [6.07, 6.45) is 6.47. The van der Waals surface area contributed by atoms with Crippen molar-refractivity contribution in [2.45, 2.75) is 50.7 Å². The third kappa shape index (κ3) is 5.57. The second-order valence-corrected chi connectivity index (χ2v) is 6.92. The molecule has 1 heterocycles. The minimum atomic E-state index is -0.0567. The van der Waals surface area contributed by atoms with Crippen LogP contribution in [0.2, 0.25) is 0 Å². The molecule has 1 saturated carbocycles. The smallest absolute Gasteiger partial charge is 0.236 e. The van der Waals surface area contributed by atoms with E-state index in [9.17, 15) is 9.90 Å². The quantitative estimate of drug-likeness (QED) is 0.783. The molecule has 2 aliphatic rings. The average molecular weight is 297 g/mol. The van der Waals surface area contributed by atoms with Crippen molar-refractivity contribution in [2.75, 3.05) is 40.3 Å². The molecule has 5 heteroatoms. The number of carbonyl (C=O) groups excluding carboxylic acids is 1. The first-order chi connectivity index (χ1) is 10.0. The molecule has 0 bridgehead atoms. The number of hydrogen-bond acceptors (Lipinski definition) is 4. The second kappa shape index (κ2) is 8.11. The van der Waals surface area contributed by atoms with Crippen molar-refractivity contribution in [3.05, 3.63) is 0 Å². The van der Waals surface area contributed by atoms with Crippen LogP contribution < -0.4 is 5.32 Å². The predicted molar refractivity (Wildman–Crippen MR) is 84.1 cm³/mol. The molecule has 1 aliphatic carbocycles. The first kappa shape index (κ1) is 16.7. The molecule has 0 aromatic carbocycles. The van der Waals surface area contributed by atoms with E-state index in [1.54, 1.807) is 4.90 Å². The topological polar surface area (TPSA) is 55.8 Å². The fourth-order valence-electron chi connectivity index (χ4n) is 3.31. The number of amides is 1. The zero-order valence-corrected chi connectivity index (χ0v) is 13.6. The van der Waals surface area contributed by atoms with E-state index in [0.717, 1.165) is 64.1 Å². The lowest BCUT2D eigenvalue weighted by Crippen LogP contribution is -2.46. The van der Waals surface area contributed by atoms with Gasteiger partial charge in [0.25, 0.3) is 0 Å².